The molecule has 1 aliphatic rings. The largest absolute Gasteiger partial charge is 0.396 e. The van der Waals surface area contributed by atoms with Crippen molar-refractivity contribution in [2.75, 3.05) is 25.4 Å². The highest BCUT2D eigenvalue weighted by molar-refractivity contribution is 6.31. The van der Waals surface area contributed by atoms with E-state index in [-0.39, 0.29) is 6.61 Å². The summed E-state index contributed by atoms with van der Waals surface area (Å²) >= 11 is 6.09. The fraction of sp³-hybridized carbons (Fsp3) is 0.583. The Morgan fingerprint density at radius 2 is 2.35 bits per heavy atom. The lowest BCUT2D eigenvalue weighted by Crippen LogP contribution is -2.36. The fourth-order valence-electron chi connectivity index (χ4n) is 2.27. The molecule has 0 aromatic carbocycles. The van der Waals surface area contributed by atoms with Crippen LogP contribution in [0.1, 0.15) is 18.5 Å². The van der Waals surface area contributed by atoms with Crippen LogP contribution in [0.15, 0.2) is 12.1 Å². The number of nitrogens with zero attached hydrogens (tertiary/aromatic N) is 2. The van der Waals surface area contributed by atoms with Gasteiger partial charge in [0.2, 0.25) is 0 Å². The molecule has 0 spiro atoms. The van der Waals surface area contributed by atoms with Crippen LogP contribution >= 0.6 is 11.6 Å². The van der Waals surface area contributed by atoms with Gasteiger partial charge in [0.05, 0.1) is 10.7 Å². The molecule has 17 heavy (non-hydrogen) atoms. The summed E-state index contributed by atoms with van der Waals surface area (Å²) < 4.78 is 0. The number of hydrogen-bond acceptors (Lipinski definition) is 4. The van der Waals surface area contributed by atoms with E-state index in [9.17, 15) is 5.11 Å². The van der Waals surface area contributed by atoms with Crippen LogP contribution < -0.4 is 5.73 Å². The van der Waals surface area contributed by atoms with E-state index in [1.54, 1.807) is 12.1 Å². The van der Waals surface area contributed by atoms with E-state index in [1.807, 2.05) is 0 Å². The average Bonchev–Trinajstić information content (AvgIpc) is 2.34. The molecule has 3 N–H and O–H groups in total. The summed E-state index contributed by atoms with van der Waals surface area (Å²) in [6.45, 7) is 2.90. The van der Waals surface area contributed by atoms with E-state index in [1.165, 1.54) is 0 Å². The molecule has 5 heteroatoms. The number of halogens is 1. The predicted octanol–water partition coefficient (Wildman–Crippen LogP) is 1.52. The maximum atomic E-state index is 9.19. The van der Waals surface area contributed by atoms with Crippen molar-refractivity contribution in [3.63, 3.8) is 0 Å². The number of nitrogens with two attached hydrogens (primary N) is 1. The molecule has 1 aromatic heterocycles. The fourth-order valence-corrected chi connectivity index (χ4v) is 2.43. The minimum absolute atomic E-state index is 0.259. The summed E-state index contributed by atoms with van der Waals surface area (Å²) in [4.78, 5) is 6.54. The van der Waals surface area contributed by atoms with Crippen molar-refractivity contribution in [3.8, 4) is 0 Å². The second-order valence-electron chi connectivity index (χ2n) is 4.59. The number of rotatable bonds is 3. The number of likely N-dealkylation sites (tertiary alicyclic amines) is 1. The summed E-state index contributed by atoms with van der Waals surface area (Å²) in [6.07, 6.45) is 2.22. The molecule has 1 atom stereocenters. The SMILES string of the molecule is Nc1ccc(Cl)c(CN2CCCC(CO)C2)n1. The molecule has 0 saturated carbocycles. The average molecular weight is 256 g/mol. The topological polar surface area (TPSA) is 62.4 Å². The van der Waals surface area contributed by atoms with Gasteiger partial charge in [-0.1, -0.05) is 11.6 Å². The molecule has 0 aliphatic carbocycles. The molecule has 1 saturated heterocycles. The van der Waals surface area contributed by atoms with Crippen molar-refractivity contribution in [2.24, 2.45) is 5.92 Å². The molecule has 1 aliphatic heterocycles. The Bertz CT molecular complexity index is 386. The third kappa shape index (κ3) is 3.31. The van der Waals surface area contributed by atoms with Gasteiger partial charge in [0.1, 0.15) is 5.82 Å². The van der Waals surface area contributed by atoms with Crippen LogP contribution in [0, 0.1) is 5.92 Å². The van der Waals surface area contributed by atoms with Crippen molar-refractivity contribution in [3.05, 3.63) is 22.8 Å². The Hall–Kier alpha value is -0.840. The minimum Gasteiger partial charge on any atom is -0.396 e. The number of nitrogen functional groups attached to an aromatic ring is 1. The minimum atomic E-state index is 0.259. The van der Waals surface area contributed by atoms with Crippen molar-refractivity contribution < 1.29 is 5.11 Å². The Kier molecular flexibility index (Phi) is 4.20. The van der Waals surface area contributed by atoms with Gasteiger partial charge in [0.15, 0.2) is 0 Å². The lowest BCUT2D eigenvalue weighted by molar-refractivity contribution is 0.115. The van der Waals surface area contributed by atoms with Crippen LogP contribution in [-0.4, -0.2) is 34.7 Å². The van der Waals surface area contributed by atoms with Gasteiger partial charge in [-0.3, -0.25) is 4.90 Å². The van der Waals surface area contributed by atoms with E-state index < -0.39 is 0 Å². The zero-order valence-electron chi connectivity index (χ0n) is 9.77. The third-order valence-corrected chi connectivity index (χ3v) is 3.52. The van der Waals surface area contributed by atoms with E-state index in [2.05, 4.69) is 9.88 Å². The van der Waals surface area contributed by atoms with Gasteiger partial charge in [-0.2, -0.15) is 0 Å². The second kappa shape index (κ2) is 5.67. The van der Waals surface area contributed by atoms with Crippen LogP contribution in [-0.2, 0) is 6.54 Å². The Morgan fingerprint density at radius 3 is 3.12 bits per heavy atom. The molecule has 1 aromatic rings. The van der Waals surface area contributed by atoms with Gasteiger partial charge in [0.25, 0.3) is 0 Å². The Morgan fingerprint density at radius 1 is 1.53 bits per heavy atom. The summed E-state index contributed by atoms with van der Waals surface area (Å²) in [5.41, 5.74) is 6.48. The summed E-state index contributed by atoms with van der Waals surface area (Å²) in [6, 6.07) is 3.49. The van der Waals surface area contributed by atoms with Crippen LogP contribution in [0.5, 0.6) is 0 Å². The highest BCUT2D eigenvalue weighted by atomic mass is 35.5. The predicted molar refractivity (Wildman–Crippen MR) is 68.7 cm³/mol. The number of aliphatic hydroxyl groups is 1. The number of hydrogen-bond donors (Lipinski definition) is 2. The van der Waals surface area contributed by atoms with E-state index in [0.717, 1.165) is 31.6 Å². The molecule has 0 bridgehead atoms. The normalized spacial score (nSPS) is 21.6. The number of anilines is 1. The van der Waals surface area contributed by atoms with E-state index in [4.69, 9.17) is 17.3 Å². The van der Waals surface area contributed by atoms with Crippen LogP contribution in [0.4, 0.5) is 5.82 Å². The summed E-state index contributed by atoms with van der Waals surface area (Å²) in [7, 11) is 0. The molecule has 0 amide bonds. The molecule has 1 unspecified atom stereocenters. The molecule has 1 fully saturated rings. The standard InChI is InChI=1S/C12H18ClN3O/c13-10-3-4-12(14)15-11(10)7-16-5-1-2-9(6-16)8-17/h3-4,9,17H,1-2,5-8H2,(H2,14,15). The highest BCUT2D eigenvalue weighted by Gasteiger charge is 2.20. The molecule has 2 heterocycles. The number of aromatic nitrogens is 1. The van der Waals surface area contributed by atoms with Gasteiger partial charge in [-0.05, 0) is 37.4 Å². The van der Waals surface area contributed by atoms with Gasteiger partial charge < -0.3 is 10.8 Å². The molecule has 2 rings (SSSR count). The highest BCUT2D eigenvalue weighted by Crippen LogP contribution is 2.21. The van der Waals surface area contributed by atoms with E-state index in [0.29, 0.717) is 23.3 Å². The Labute approximate surface area is 106 Å². The third-order valence-electron chi connectivity index (χ3n) is 3.17. The zero-order valence-corrected chi connectivity index (χ0v) is 10.5. The van der Waals surface area contributed by atoms with Crippen molar-refractivity contribution in [2.45, 2.75) is 19.4 Å². The first-order valence-corrected chi connectivity index (χ1v) is 6.31. The van der Waals surface area contributed by atoms with Crippen LogP contribution in [0.3, 0.4) is 0 Å². The number of pyridine rings is 1. The van der Waals surface area contributed by atoms with Crippen molar-refractivity contribution in [1.29, 1.82) is 0 Å². The zero-order chi connectivity index (χ0) is 12.3. The molecule has 4 nitrogen and oxygen atoms in total. The maximum Gasteiger partial charge on any atom is 0.123 e. The van der Waals surface area contributed by atoms with Crippen molar-refractivity contribution >= 4 is 17.4 Å². The Balaban J connectivity index is 2.02. The summed E-state index contributed by atoms with van der Waals surface area (Å²) in [5.74, 6) is 0.878. The van der Waals surface area contributed by atoms with Gasteiger partial charge in [0, 0.05) is 19.7 Å². The van der Waals surface area contributed by atoms with Gasteiger partial charge in [-0.15, -0.1) is 0 Å². The molecule has 94 valence electrons. The first kappa shape index (κ1) is 12.6. The van der Waals surface area contributed by atoms with E-state index >= 15 is 0 Å². The second-order valence-corrected chi connectivity index (χ2v) is 5.00. The monoisotopic (exact) mass is 255 g/mol. The summed E-state index contributed by atoms with van der Waals surface area (Å²) in [5, 5.41) is 9.84. The van der Waals surface area contributed by atoms with Crippen LogP contribution in [0.2, 0.25) is 5.02 Å². The van der Waals surface area contributed by atoms with Gasteiger partial charge in [-0.25, -0.2) is 4.98 Å². The smallest absolute Gasteiger partial charge is 0.123 e. The molecule has 0 radical (unpaired) electrons. The molecular weight excluding hydrogens is 238 g/mol. The number of piperidine rings is 1. The number of aliphatic hydroxyl groups excluding tert-OH is 1. The lowest BCUT2D eigenvalue weighted by Gasteiger charge is -2.31. The van der Waals surface area contributed by atoms with Crippen LogP contribution in [0.25, 0.3) is 0 Å². The first-order valence-electron chi connectivity index (χ1n) is 5.93. The molecular formula is C12H18ClN3O. The van der Waals surface area contributed by atoms with Gasteiger partial charge >= 0.3 is 0 Å². The van der Waals surface area contributed by atoms with Crippen molar-refractivity contribution in [1.82, 2.24) is 9.88 Å². The quantitative estimate of drug-likeness (QED) is 0.860. The maximum absolute atomic E-state index is 9.19. The lowest BCUT2D eigenvalue weighted by atomic mass is 9.99. The first-order chi connectivity index (χ1) is 8.19.